The van der Waals surface area contributed by atoms with Crippen molar-refractivity contribution in [2.24, 2.45) is 18.2 Å². The van der Waals surface area contributed by atoms with Crippen molar-refractivity contribution in [2.45, 2.75) is 45.1 Å². The first-order valence-corrected chi connectivity index (χ1v) is 14.6. The first-order valence-electron chi connectivity index (χ1n) is 13.8. The Morgan fingerprint density at radius 2 is 1.89 bits per heavy atom. The topological polar surface area (TPSA) is 124 Å². The number of hydrogen-bond donors (Lipinski definition) is 2. The van der Waals surface area contributed by atoms with Gasteiger partial charge in [-0.15, -0.1) is 0 Å². The molecule has 0 spiro atoms. The van der Waals surface area contributed by atoms with E-state index in [-0.39, 0.29) is 18.7 Å². The van der Waals surface area contributed by atoms with E-state index in [0.29, 0.717) is 46.7 Å². The van der Waals surface area contributed by atoms with Crippen molar-refractivity contribution in [3.05, 3.63) is 117 Å². The van der Waals surface area contributed by atoms with E-state index in [2.05, 4.69) is 10.1 Å². The lowest BCUT2D eigenvalue weighted by atomic mass is 9.87. The molecule has 232 valence electrons. The minimum Gasteiger partial charge on any atom is -0.381 e. The van der Waals surface area contributed by atoms with Gasteiger partial charge in [0.15, 0.2) is 6.23 Å². The Labute approximate surface area is 265 Å². The number of amides is 2. The smallest absolute Gasteiger partial charge is 0.225 e. The summed E-state index contributed by atoms with van der Waals surface area (Å²) in [4.78, 5) is 29.7. The molecule has 2 heterocycles. The number of pyridine rings is 1. The molecule has 1 aliphatic rings. The first-order chi connectivity index (χ1) is 20.9. The Hall–Kier alpha value is -3.83. The second-order valence-corrected chi connectivity index (χ2v) is 11.9. The Balaban J connectivity index is 0.000000555. The van der Waals surface area contributed by atoms with Gasteiger partial charge in [-0.3, -0.25) is 19.3 Å². The van der Waals surface area contributed by atoms with Gasteiger partial charge in [0.2, 0.25) is 12.3 Å². The van der Waals surface area contributed by atoms with Crippen molar-refractivity contribution >= 4 is 35.5 Å². The molecule has 1 fully saturated rings. The maximum absolute atomic E-state index is 15.8. The fourth-order valence-electron chi connectivity index (χ4n) is 4.66. The number of hydrogen-bond acceptors (Lipinski definition) is 6. The van der Waals surface area contributed by atoms with E-state index in [4.69, 9.17) is 33.7 Å². The van der Waals surface area contributed by atoms with Crippen LogP contribution < -0.4 is 5.73 Å². The summed E-state index contributed by atoms with van der Waals surface area (Å²) >= 11 is 11.5. The van der Waals surface area contributed by atoms with Crippen LogP contribution in [0.1, 0.15) is 53.9 Å². The third kappa shape index (κ3) is 7.81. The molecule has 0 saturated heterocycles. The van der Waals surface area contributed by atoms with Crippen LogP contribution in [0.15, 0.2) is 73.2 Å². The minimum atomic E-state index is -1.52. The maximum Gasteiger partial charge on any atom is 0.225 e. The van der Waals surface area contributed by atoms with Gasteiger partial charge in [-0.25, -0.2) is 4.39 Å². The van der Waals surface area contributed by atoms with Crippen molar-refractivity contribution in [3.8, 4) is 0 Å². The van der Waals surface area contributed by atoms with E-state index >= 15 is 4.39 Å². The number of aliphatic hydroxyl groups is 1. The van der Waals surface area contributed by atoms with Crippen LogP contribution in [0, 0.1) is 18.2 Å². The molecule has 4 aromatic rings. The van der Waals surface area contributed by atoms with Crippen LogP contribution in [0.2, 0.25) is 10.0 Å². The van der Waals surface area contributed by atoms with Gasteiger partial charge in [-0.05, 0) is 68.1 Å². The van der Waals surface area contributed by atoms with Crippen LogP contribution in [0.4, 0.5) is 4.39 Å². The lowest BCUT2D eigenvalue weighted by Gasteiger charge is -2.32. The number of aryl methyl sites for hydroxylation is 2. The van der Waals surface area contributed by atoms with Crippen molar-refractivity contribution in [3.63, 3.8) is 0 Å². The summed E-state index contributed by atoms with van der Waals surface area (Å²) < 4.78 is 23.4. The van der Waals surface area contributed by atoms with Crippen LogP contribution >= 0.6 is 23.2 Å². The number of nitrogens with two attached hydrogens (primary N) is 1. The molecule has 0 radical (unpaired) electrons. The van der Waals surface area contributed by atoms with Crippen LogP contribution in [0.25, 0.3) is 0 Å². The molecule has 3 N–H and O–H groups in total. The zero-order valence-corrected chi connectivity index (χ0v) is 26.1. The number of rotatable bonds is 11. The molecule has 9 nitrogen and oxygen atoms in total. The zero-order valence-electron chi connectivity index (χ0n) is 24.6. The Morgan fingerprint density at radius 1 is 1.18 bits per heavy atom. The molecule has 2 aromatic carbocycles. The van der Waals surface area contributed by atoms with Crippen LogP contribution in [0.5, 0.6) is 0 Å². The highest BCUT2D eigenvalue weighted by Gasteiger charge is 2.49. The molecular weight excluding hydrogens is 608 g/mol. The predicted molar refractivity (Wildman–Crippen MR) is 165 cm³/mol. The maximum atomic E-state index is 15.8. The molecule has 12 heteroatoms. The van der Waals surface area contributed by atoms with E-state index in [0.717, 1.165) is 5.02 Å². The summed E-state index contributed by atoms with van der Waals surface area (Å²) in [5, 5.41) is 16.5. The molecule has 2 amide bonds. The van der Waals surface area contributed by atoms with Gasteiger partial charge in [0.25, 0.3) is 0 Å². The molecule has 2 atom stereocenters. The third-order valence-corrected chi connectivity index (χ3v) is 8.08. The normalized spacial score (nSPS) is 15.3. The van der Waals surface area contributed by atoms with Crippen molar-refractivity contribution < 1.29 is 23.8 Å². The van der Waals surface area contributed by atoms with E-state index in [1.807, 2.05) is 30.3 Å². The summed E-state index contributed by atoms with van der Waals surface area (Å²) in [6.45, 7) is 3.16. The summed E-state index contributed by atoms with van der Waals surface area (Å²) in [6, 6.07) is 15.6. The highest BCUT2D eigenvalue weighted by atomic mass is 35.5. The second kappa shape index (κ2) is 13.9. The number of ether oxygens (including phenoxy) is 1. The Kier molecular flexibility index (Phi) is 10.4. The molecule has 1 saturated carbocycles. The van der Waals surface area contributed by atoms with E-state index in [1.54, 1.807) is 50.0 Å². The fourth-order valence-corrected chi connectivity index (χ4v) is 4.92. The number of nitrogens with zero attached hydrogens (tertiary/aromatic N) is 4. The number of benzene rings is 2. The van der Waals surface area contributed by atoms with Crippen molar-refractivity contribution in [2.75, 3.05) is 6.61 Å². The number of aromatic nitrogens is 3. The van der Waals surface area contributed by atoms with Crippen molar-refractivity contribution in [1.82, 2.24) is 19.7 Å². The molecule has 5 rings (SSSR count). The van der Waals surface area contributed by atoms with E-state index < -0.39 is 29.0 Å². The molecule has 2 aromatic heterocycles. The summed E-state index contributed by atoms with van der Waals surface area (Å²) in [5.41, 5.74) is 5.07. The number of carbonyl (C=O) groups is 2. The van der Waals surface area contributed by atoms with Crippen molar-refractivity contribution in [1.29, 1.82) is 0 Å². The molecule has 0 aliphatic heterocycles. The lowest BCUT2D eigenvalue weighted by Crippen LogP contribution is -2.35. The number of primary amides is 1. The zero-order chi connectivity index (χ0) is 32.1. The average molecular weight is 643 g/mol. The Morgan fingerprint density at radius 3 is 2.36 bits per heavy atom. The van der Waals surface area contributed by atoms with Gasteiger partial charge in [0, 0.05) is 35.6 Å². The Bertz CT molecular complexity index is 1570. The summed E-state index contributed by atoms with van der Waals surface area (Å²) in [7, 11) is 1.72. The van der Waals surface area contributed by atoms with Crippen LogP contribution in [-0.4, -0.2) is 43.7 Å². The lowest BCUT2D eigenvalue weighted by molar-refractivity contribution is -0.141. The largest absolute Gasteiger partial charge is 0.381 e. The summed E-state index contributed by atoms with van der Waals surface area (Å²) in [6.07, 6.45) is 5.10. The van der Waals surface area contributed by atoms with Crippen LogP contribution in [-0.2, 0) is 33.5 Å². The summed E-state index contributed by atoms with van der Waals surface area (Å²) in [5.74, 6) is -1.17. The van der Waals surface area contributed by atoms with Gasteiger partial charge >= 0.3 is 0 Å². The molecule has 0 bridgehead atoms. The van der Waals surface area contributed by atoms with Crippen LogP contribution in [0.3, 0.4) is 0 Å². The van der Waals surface area contributed by atoms with Gasteiger partial charge < -0.3 is 20.5 Å². The van der Waals surface area contributed by atoms with Gasteiger partial charge in [0.1, 0.15) is 11.4 Å². The number of halogens is 3. The predicted octanol–water partition coefficient (Wildman–Crippen LogP) is 5.45. The fraction of sp³-hybridized carbons (Fsp3) is 0.312. The first kappa shape index (κ1) is 33.1. The second-order valence-electron chi connectivity index (χ2n) is 11.0. The molecule has 44 heavy (non-hydrogen) atoms. The highest BCUT2D eigenvalue weighted by Crippen LogP contribution is 2.47. The standard InChI is InChI=1S/C26H29ClFN5O4.C6H5Cl/c1-16-8-17(25(2,36)18-10-31-32(3)12-18)9-21(28)22(16)23(37-14-26(6-7-26)24(29)35)33(15-34)13-20-5-4-19(27)11-30-20;7-6-4-2-1-3-5-6/h4-5,8-12,15,23,36H,6-7,13-14H2,1-3H3,(H2,29,35);1-5H. The molecule has 1 aliphatic carbocycles. The van der Waals surface area contributed by atoms with E-state index in [9.17, 15) is 14.7 Å². The minimum absolute atomic E-state index is 0.00292. The molecular formula is C32H34Cl2FN5O4. The number of carbonyl (C=O) groups excluding carboxylic acids is 2. The SMILES string of the molecule is Cc1cc(C(C)(O)c2cnn(C)c2)cc(F)c1C(OCC1(C(N)=O)CC1)N(C=O)Cc1ccc(Cl)cn1.Clc1ccccc1. The quantitative estimate of drug-likeness (QED) is 0.166. The third-order valence-electron chi connectivity index (χ3n) is 7.61. The van der Waals surface area contributed by atoms with Gasteiger partial charge in [-0.2, -0.15) is 5.10 Å². The van der Waals surface area contributed by atoms with Gasteiger partial charge in [0.05, 0.1) is 35.5 Å². The monoisotopic (exact) mass is 641 g/mol. The highest BCUT2D eigenvalue weighted by molar-refractivity contribution is 6.30. The molecule has 2 unspecified atom stereocenters. The average Bonchev–Trinajstić information content (AvgIpc) is 3.66. The van der Waals surface area contributed by atoms with E-state index in [1.165, 1.54) is 23.4 Å². The van der Waals surface area contributed by atoms with Gasteiger partial charge in [-0.1, -0.05) is 47.5 Å².